The third-order valence-electron chi connectivity index (χ3n) is 6.65. The summed E-state index contributed by atoms with van der Waals surface area (Å²) in [6.45, 7) is 7.13. The van der Waals surface area contributed by atoms with E-state index in [9.17, 15) is 9.90 Å². The van der Waals surface area contributed by atoms with Crippen molar-refractivity contribution in [1.82, 2.24) is 4.90 Å². The molecule has 5 nitrogen and oxygen atoms in total. The van der Waals surface area contributed by atoms with Crippen LogP contribution in [0.1, 0.15) is 51.5 Å². The van der Waals surface area contributed by atoms with Gasteiger partial charge in [-0.15, -0.1) is 0 Å². The van der Waals surface area contributed by atoms with Crippen LogP contribution in [0.5, 0.6) is 5.75 Å². The van der Waals surface area contributed by atoms with Crippen molar-refractivity contribution >= 4 is 17.4 Å². The van der Waals surface area contributed by atoms with Gasteiger partial charge in [0.15, 0.2) is 0 Å². The lowest BCUT2D eigenvalue weighted by Crippen LogP contribution is -2.48. The van der Waals surface area contributed by atoms with Crippen LogP contribution in [-0.4, -0.2) is 49.4 Å². The molecule has 1 aliphatic heterocycles. The van der Waals surface area contributed by atoms with Gasteiger partial charge in [-0.25, -0.2) is 4.79 Å². The Kier molecular flexibility index (Phi) is 5.98. The molecule has 1 aromatic rings. The lowest BCUT2D eigenvalue weighted by molar-refractivity contribution is 0.142. The van der Waals surface area contributed by atoms with Crippen LogP contribution in [0, 0.1) is 5.41 Å². The number of piperazine rings is 1. The van der Waals surface area contributed by atoms with Crippen molar-refractivity contribution < 1.29 is 14.6 Å². The lowest BCUT2D eigenvalue weighted by Gasteiger charge is -2.38. The molecule has 1 fully saturated rings. The summed E-state index contributed by atoms with van der Waals surface area (Å²) >= 11 is 0. The Labute approximate surface area is 162 Å². The van der Waals surface area contributed by atoms with Gasteiger partial charge in [0.25, 0.3) is 0 Å². The molecule has 27 heavy (non-hydrogen) atoms. The number of amides is 1. The summed E-state index contributed by atoms with van der Waals surface area (Å²) < 4.78 is 5.46. The number of hydrogen-bond acceptors (Lipinski definition) is 3. The molecule has 0 aromatic heterocycles. The van der Waals surface area contributed by atoms with Gasteiger partial charge in [-0.3, -0.25) is 0 Å². The molecule has 3 rings (SSSR count). The van der Waals surface area contributed by atoms with Gasteiger partial charge >= 0.3 is 6.09 Å². The van der Waals surface area contributed by atoms with Gasteiger partial charge in [-0.1, -0.05) is 32.8 Å². The lowest BCUT2D eigenvalue weighted by atomic mass is 9.70. The topological polar surface area (TPSA) is 53.0 Å². The SMILES string of the molecule is CCC1(CC)CC=C(c2ccc(OC)cc2N2CCN(C(=O)O)CC2)CC1. The number of carbonyl (C=O) groups is 1. The van der Waals surface area contributed by atoms with Crippen molar-refractivity contribution in [3.05, 3.63) is 29.8 Å². The average molecular weight is 373 g/mol. The molecule has 1 aliphatic carbocycles. The molecular weight excluding hydrogens is 340 g/mol. The number of allylic oxidation sites excluding steroid dienone is 2. The molecule has 2 aliphatic rings. The highest BCUT2D eigenvalue weighted by atomic mass is 16.5. The van der Waals surface area contributed by atoms with Crippen LogP contribution in [0.25, 0.3) is 5.57 Å². The summed E-state index contributed by atoms with van der Waals surface area (Å²) in [5, 5.41) is 9.21. The van der Waals surface area contributed by atoms with E-state index in [0.29, 0.717) is 31.6 Å². The normalized spacial score (nSPS) is 19.6. The minimum atomic E-state index is -0.828. The molecule has 1 saturated heterocycles. The van der Waals surface area contributed by atoms with Gasteiger partial charge < -0.3 is 19.6 Å². The minimum absolute atomic E-state index is 0.462. The summed E-state index contributed by atoms with van der Waals surface area (Å²) in [7, 11) is 1.69. The molecule has 0 unspecified atom stereocenters. The molecule has 0 saturated carbocycles. The Morgan fingerprint density at radius 1 is 1.19 bits per heavy atom. The molecule has 0 atom stereocenters. The first kappa shape index (κ1) is 19.6. The number of anilines is 1. The first-order chi connectivity index (χ1) is 13.0. The zero-order valence-corrected chi connectivity index (χ0v) is 16.8. The third-order valence-corrected chi connectivity index (χ3v) is 6.65. The van der Waals surface area contributed by atoms with Crippen molar-refractivity contribution in [2.45, 2.75) is 46.0 Å². The fourth-order valence-corrected chi connectivity index (χ4v) is 4.39. The summed E-state index contributed by atoms with van der Waals surface area (Å²) in [6.07, 6.45) is 7.58. The predicted molar refractivity (Wildman–Crippen MR) is 110 cm³/mol. The van der Waals surface area contributed by atoms with Crippen molar-refractivity contribution in [3.8, 4) is 5.75 Å². The van der Waals surface area contributed by atoms with Gasteiger partial charge in [0.2, 0.25) is 0 Å². The highest BCUT2D eigenvalue weighted by Crippen LogP contribution is 2.45. The van der Waals surface area contributed by atoms with Gasteiger partial charge in [0.05, 0.1) is 7.11 Å². The van der Waals surface area contributed by atoms with Crippen LogP contribution in [0.3, 0.4) is 0 Å². The van der Waals surface area contributed by atoms with Crippen LogP contribution in [0.15, 0.2) is 24.3 Å². The quantitative estimate of drug-likeness (QED) is 0.801. The van der Waals surface area contributed by atoms with Crippen molar-refractivity contribution in [2.75, 3.05) is 38.2 Å². The van der Waals surface area contributed by atoms with Gasteiger partial charge in [-0.2, -0.15) is 0 Å². The Morgan fingerprint density at radius 2 is 1.89 bits per heavy atom. The van der Waals surface area contributed by atoms with Crippen molar-refractivity contribution in [1.29, 1.82) is 0 Å². The standard InChI is InChI=1S/C22H32N2O3/c1-4-22(5-2)10-8-17(9-11-22)19-7-6-18(27-3)16-20(19)23-12-14-24(15-13-23)21(25)26/h6-8,16H,4-5,9-15H2,1-3H3,(H,25,26). The van der Waals surface area contributed by atoms with Crippen LogP contribution in [0.4, 0.5) is 10.5 Å². The van der Waals surface area contributed by atoms with Crippen LogP contribution in [-0.2, 0) is 0 Å². The van der Waals surface area contributed by atoms with Crippen molar-refractivity contribution in [3.63, 3.8) is 0 Å². The maximum Gasteiger partial charge on any atom is 0.407 e. The van der Waals surface area contributed by atoms with E-state index in [1.165, 1.54) is 41.0 Å². The van der Waals surface area contributed by atoms with E-state index >= 15 is 0 Å². The molecule has 1 N–H and O–H groups in total. The monoisotopic (exact) mass is 372 g/mol. The number of nitrogens with zero attached hydrogens (tertiary/aromatic N) is 2. The van der Waals surface area contributed by atoms with E-state index in [2.05, 4.69) is 37.0 Å². The number of ether oxygens (including phenoxy) is 1. The summed E-state index contributed by atoms with van der Waals surface area (Å²) in [5.41, 5.74) is 4.33. The van der Waals surface area contributed by atoms with E-state index in [4.69, 9.17) is 4.74 Å². The molecule has 5 heteroatoms. The highest BCUT2D eigenvalue weighted by Gasteiger charge is 2.30. The summed E-state index contributed by atoms with van der Waals surface area (Å²) in [5.74, 6) is 0.849. The van der Waals surface area contributed by atoms with E-state index in [0.717, 1.165) is 18.6 Å². The Balaban J connectivity index is 1.86. The molecule has 0 bridgehead atoms. The number of methoxy groups -OCH3 is 1. The average Bonchev–Trinajstić information content (AvgIpc) is 2.73. The minimum Gasteiger partial charge on any atom is -0.497 e. The second kappa shape index (κ2) is 8.24. The van der Waals surface area contributed by atoms with E-state index in [-0.39, 0.29) is 0 Å². The highest BCUT2D eigenvalue weighted by molar-refractivity contribution is 5.79. The molecule has 148 valence electrons. The van der Waals surface area contributed by atoms with E-state index in [1.807, 2.05) is 6.07 Å². The Bertz CT molecular complexity index is 702. The van der Waals surface area contributed by atoms with Gasteiger partial charge in [0.1, 0.15) is 5.75 Å². The Hall–Kier alpha value is -2.17. The summed E-state index contributed by atoms with van der Waals surface area (Å²) in [4.78, 5) is 15.0. The maximum atomic E-state index is 11.2. The predicted octanol–water partition coefficient (Wildman–Crippen LogP) is 4.87. The first-order valence-corrected chi connectivity index (χ1v) is 10.1. The number of hydrogen-bond donors (Lipinski definition) is 1. The van der Waals surface area contributed by atoms with E-state index < -0.39 is 6.09 Å². The number of carboxylic acid groups (broad SMARTS) is 1. The van der Waals surface area contributed by atoms with Gasteiger partial charge in [0, 0.05) is 43.5 Å². The molecule has 1 aromatic carbocycles. The zero-order valence-electron chi connectivity index (χ0n) is 16.8. The molecular formula is C22H32N2O3. The maximum absolute atomic E-state index is 11.2. The second-order valence-corrected chi connectivity index (χ2v) is 7.78. The molecule has 1 heterocycles. The fraction of sp³-hybridized carbons (Fsp3) is 0.591. The van der Waals surface area contributed by atoms with Gasteiger partial charge in [-0.05, 0) is 42.4 Å². The molecule has 0 radical (unpaired) electrons. The first-order valence-electron chi connectivity index (χ1n) is 10.1. The number of benzene rings is 1. The number of rotatable bonds is 5. The summed E-state index contributed by atoms with van der Waals surface area (Å²) in [6, 6.07) is 6.32. The van der Waals surface area contributed by atoms with Crippen molar-refractivity contribution in [2.24, 2.45) is 5.41 Å². The smallest absolute Gasteiger partial charge is 0.407 e. The molecule has 0 spiro atoms. The fourth-order valence-electron chi connectivity index (χ4n) is 4.39. The van der Waals surface area contributed by atoms with Crippen LogP contribution >= 0.6 is 0 Å². The van der Waals surface area contributed by atoms with Crippen LogP contribution < -0.4 is 9.64 Å². The Morgan fingerprint density at radius 3 is 2.41 bits per heavy atom. The second-order valence-electron chi connectivity index (χ2n) is 7.78. The molecule has 1 amide bonds. The largest absolute Gasteiger partial charge is 0.497 e. The zero-order chi connectivity index (χ0) is 19.4. The third kappa shape index (κ3) is 4.07. The van der Waals surface area contributed by atoms with E-state index in [1.54, 1.807) is 7.11 Å². The van der Waals surface area contributed by atoms with Crippen LogP contribution in [0.2, 0.25) is 0 Å².